The maximum atomic E-state index is 12.5. The first kappa shape index (κ1) is 9.63. The molecule has 0 radical (unpaired) electrons. The molecule has 0 rings (SSSR count). The van der Waals surface area contributed by atoms with E-state index in [1.54, 1.807) is 6.08 Å². The van der Waals surface area contributed by atoms with Crippen molar-refractivity contribution in [2.45, 2.75) is 32.7 Å². The van der Waals surface area contributed by atoms with Gasteiger partial charge in [0.05, 0.1) is 5.83 Å². The fraction of sp³-hybridized carbons (Fsp3) is 0.750. The third-order valence-electron chi connectivity index (χ3n) is 1.52. The zero-order valence-electron chi connectivity index (χ0n) is 6.95. The summed E-state index contributed by atoms with van der Waals surface area (Å²) >= 11 is 0. The van der Waals surface area contributed by atoms with Crippen LogP contribution in [-0.4, -0.2) is 13.1 Å². The smallest absolute Gasteiger partial charge is 0.0957 e. The van der Waals surface area contributed by atoms with Crippen LogP contribution in [0, 0.1) is 0 Å². The van der Waals surface area contributed by atoms with E-state index in [0.29, 0.717) is 12.5 Å². The van der Waals surface area contributed by atoms with E-state index in [9.17, 15) is 4.39 Å². The number of halogens is 1. The van der Waals surface area contributed by atoms with Gasteiger partial charge in [-0.15, -0.1) is 0 Å². The number of hydrogen-bond acceptors (Lipinski definition) is 1. The van der Waals surface area contributed by atoms with Gasteiger partial charge >= 0.3 is 0 Å². The summed E-state index contributed by atoms with van der Waals surface area (Å²) in [6.07, 6.45) is 2.92. The Morgan fingerprint density at radius 2 is 2.30 bits per heavy atom. The van der Waals surface area contributed by atoms with E-state index in [1.165, 1.54) is 0 Å². The van der Waals surface area contributed by atoms with Crippen LogP contribution in [0.1, 0.15) is 26.7 Å². The first-order valence-corrected chi connectivity index (χ1v) is 3.72. The van der Waals surface area contributed by atoms with Crippen molar-refractivity contribution in [1.82, 2.24) is 5.32 Å². The molecular formula is C8H16FN. The van der Waals surface area contributed by atoms with E-state index in [2.05, 4.69) is 5.32 Å². The Labute approximate surface area is 62.3 Å². The summed E-state index contributed by atoms with van der Waals surface area (Å²) < 4.78 is 12.5. The average Bonchev–Trinajstić information content (AvgIpc) is 1.99. The van der Waals surface area contributed by atoms with Crippen LogP contribution in [0.25, 0.3) is 0 Å². The molecule has 0 aliphatic carbocycles. The Balaban J connectivity index is 3.50. The summed E-state index contributed by atoms with van der Waals surface area (Å²) in [5.74, 6) is -0.0119. The SMILES string of the molecule is CCC(F)=CCC(C)NC. The molecule has 0 saturated carbocycles. The molecule has 1 unspecified atom stereocenters. The Kier molecular flexibility index (Phi) is 5.22. The summed E-state index contributed by atoms with van der Waals surface area (Å²) in [5, 5.41) is 3.03. The van der Waals surface area contributed by atoms with Gasteiger partial charge in [-0.25, -0.2) is 4.39 Å². The lowest BCUT2D eigenvalue weighted by atomic mass is 10.2. The highest BCUT2D eigenvalue weighted by Gasteiger charge is 1.95. The van der Waals surface area contributed by atoms with Crippen LogP contribution >= 0.6 is 0 Å². The average molecular weight is 145 g/mol. The minimum absolute atomic E-state index is 0.0119. The fourth-order valence-corrected chi connectivity index (χ4v) is 0.567. The maximum Gasteiger partial charge on any atom is 0.0957 e. The number of allylic oxidation sites excluding steroid dienone is 1. The van der Waals surface area contributed by atoms with Crippen LogP contribution in [0.4, 0.5) is 4.39 Å². The molecule has 0 bridgehead atoms. The monoisotopic (exact) mass is 145 g/mol. The molecule has 0 aromatic carbocycles. The quantitative estimate of drug-likeness (QED) is 0.639. The van der Waals surface area contributed by atoms with Gasteiger partial charge in [-0.3, -0.25) is 0 Å². The molecule has 0 heterocycles. The molecule has 10 heavy (non-hydrogen) atoms. The highest BCUT2D eigenvalue weighted by Crippen LogP contribution is 2.04. The molecule has 1 nitrogen and oxygen atoms in total. The molecule has 0 aromatic heterocycles. The predicted octanol–water partition coefficient (Wildman–Crippen LogP) is 2.25. The zero-order valence-corrected chi connectivity index (χ0v) is 6.95. The van der Waals surface area contributed by atoms with Gasteiger partial charge in [-0.2, -0.15) is 0 Å². The Bertz CT molecular complexity index is 110. The maximum absolute atomic E-state index is 12.5. The Morgan fingerprint density at radius 3 is 2.70 bits per heavy atom. The van der Waals surface area contributed by atoms with Crippen molar-refractivity contribution in [3.05, 3.63) is 11.9 Å². The van der Waals surface area contributed by atoms with Crippen molar-refractivity contribution in [3.63, 3.8) is 0 Å². The van der Waals surface area contributed by atoms with Gasteiger partial charge in [0, 0.05) is 6.04 Å². The Hall–Kier alpha value is -0.370. The molecule has 0 aliphatic heterocycles. The van der Waals surface area contributed by atoms with Crippen molar-refractivity contribution >= 4 is 0 Å². The Morgan fingerprint density at radius 1 is 1.70 bits per heavy atom. The van der Waals surface area contributed by atoms with Gasteiger partial charge in [0.25, 0.3) is 0 Å². The molecule has 0 spiro atoms. The molecule has 0 aromatic rings. The van der Waals surface area contributed by atoms with Crippen LogP contribution < -0.4 is 5.32 Å². The lowest BCUT2D eigenvalue weighted by Gasteiger charge is -2.04. The number of hydrogen-bond donors (Lipinski definition) is 1. The van der Waals surface area contributed by atoms with Crippen molar-refractivity contribution in [2.75, 3.05) is 7.05 Å². The highest BCUT2D eigenvalue weighted by atomic mass is 19.1. The standard InChI is InChI=1S/C8H16FN/c1-4-8(9)6-5-7(2)10-3/h6-7,10H,4-5H2,1-3H3. The summed E-state index contributed by atoms with van der Waals surface area (Å²) in [4.78, 5) is 0. The van der Waals surface area contributed by atoms with E-state index in [0.717, 1.165) is 6.42 Å². The largest absolute Gasteiger partial charge is 0.317 e. The van der Waals surface area contributed by atoms with Crippen molar-refractivity contribution < 1.29 is 4.39 Å². The fourth-order valence-electron chi connectivity index (χ4n) is 0.567. The molecule has 0 saturated heterocycles. The molecular weight excluding hydrogens is 129 g/mol. The molecule has 1 atom stereocenters. The lowest BCUT2D eigenvalue weighted by Crippen LogP contribution is -2.19. The normalized spacial score (nSPS) is 15.4. The molecule has 0 fully saturated rings. The van der Waals surface area contributed by atoms with E-state index in [1.807, 2.05) is 20.9 Å². The van der Waals surface area contributed by atoms with Gasteiger partial charge in [-0.1, -0.05) is 13.0 Å². The summed E-state index contributed by atoms with van der Waals surface area (Å²) in [7, 11) is 1.88. The van der Waals surface area contributed by atoms with Crippen LogP contribution in [0.3, 0.4) is 0 Å². The first-order chi connectivity index (χ1) is 4.70. The van der Waals surface area contributed by atoms with E-state index in [-0.39, 0.29) is 5.83 Å². The topological polar surface area (TPSA) is 12.0 Å². The molecule has 2 heteroatoms. The zero-order chi connectivity index (χ0) is 7.98. The van der Waals surface area contributed by atoms with Crippen molar-refractivity contribution in [1.29, 1.82) is 0 Å². The van der Waals surface area contributed by atoms with E-state index >= 15 is 0 Å². The van der Waals surface area contributed by atoms with E-state index in [4.69, 9.17) is 0 Å². The second-order valence-corrected chi connectivity index (χ2v) is 2.43. The highest BCUT2D eigenvalue weighted by molar-refractivity contribution is 4.91. The van der Waals surface area contributed by atoms with Gasteiger partial charge in [-0.05, 0) is 26.8 Å². The van der Waals surface area contributed by atoms with Gasteiger partial charge in [0.15, 0.2) is 0 Å². The van der Waals surface area contributed by atoms with Gasteiger partial charge < -0.3 is 5.32 Å². The van der Waals surface area contributed by atoms with Crippen LogP contribution in [0.2, 0.25) is 0 Å². The van der Waals surface area contributed by atoms with Gasteiger partial charge in [0.1, 0.15) is 0 Å². The molecule has 60 valence electrons. The summed E-state index contributed by atoms with van der Waals surface area (Å²) in [5.41, 5.74) is 0. The van der Waals surface area contributed by atoms with Crippen molar-refractivity contribution in [3.8, 4) is 0 Å². The van der Waals surface area contributed by atoms with Crippen LogP contribution in [-0.2, 0) is 0 Å². The number of nitrogens with one attached hydrogen (secondary N) is 1. The first-order valence-electron chi connectivity index (χ1n) is 3.72. The third kappa shape index (κ3) is 4.50. The summed E-state index contributed by atoms with van der Waals surface area (Å²) in [6, 6.07) is 0.372. The second-order valence-electron chi connectivity index (χ2n) is 2.43. The summed E-state index contributed by atoms with van der Waals surface area (Å²) in [6.45, 7) is 3.84. The van der Waals surface area contributed by atoms with Crippen LogP contribution in [0.5, 0.6) is 0 Å². The van der Waals surface area contributed by atoms with Crippen molar-refractivity contribution in [2.24, 2.45) is 0 Å². The second kappa shape index (κ2) is 5.42. The van der Waals surface area contributed by atoms with Gasteiger partial charge in [0.2, 0.25) is 0 Å². The number of rotatable bonds is 4. The minimum Gasteiger partial charge on any atom is -0.317 e. The lowest BCUT2D eigenvalue weighted by molar-refractivity contribution is 0.572. The molecule has 1 N–H and O–H groups in total. The minimum atomic E-state index is -0.0119. The molecule has 0 amide bonds. The molecule has 0 aliphatic rings. The predicted molar refractivity (Wildman–Crippen MR) is 42.6 cm³/mol. The van der Waals surface area contributed by atoms with E-state index < -0.39 is 0 Å². The van der Waals surface area contributed by atoms with Crippen LogP contribution in [0.15, 0.2) is 11.9 Å². The third-order valence-corrected chi connectivity index (χ3v) is 1.52.